The number of hydrogen-bond donors (Lipinski definition) is 2. The van der Waals surface area contributed by atoms with E-state index in [9.17, 15) is 16.8 Å². The lowest BCUT2D eigenvalue weighted by Crippen LogP contribution is -2.42. The van der Waals surface area contributed by atoms with Crippen molar-refractivity contribution in [2.24, 2.45) is 0 Å². The van der Waals surface area contributed by atoms with Crippen molar-refractivity contribution in [1.29, 1.82) is 0 Å². The van der Waals surface area contributed by atoms with Gasteiger partial charge in [0.1, 0.15) is 4.90 Å². The molecule has 174 valence electrons. The number of piperidine rings is 1. The van der Waals surface area contributed by atoms with Crippen LogP contribution >= 0.6 is 12.4 Å². The second-order valence-corrected chi connectivity index (χ2v) is 11.6. The summed E-state index contributed by atoms with van der Waals surface area (Å²) in [5.41, 5.74) is 1.16. The van der Waals surface area contributed by atoms with Crippen LogP contribution in [0.25, 0.3) is 10.9 Å². The van der Waals surface area contributed by atoms with Crippen LogP contribution < -0.4 is 10.0 Å². The van der Waals surface area contributed by atoms with Gasteiger partial charge in [-0.25, -0.2) is 25.5 Å². The van der Waals surface area contributed by atoms with Gasteiger partial charge in [0, 0.05) is 17.6 Å². The zero-order valence-corrected chi connectivity index (χ0v) is 20.4. The number of hydrogen-bond acceptors (Lipinski definition) is 5. The van der Waals surface area contributed by atoms with Gasteiger partial charge in [-0.3, -0.25) is 0 Å². The molecule has 0 saturated carbocycles. The van der Waals surface area contributed by atoms with Crippen LogP contribution in [0.5, 0.6) is 0 Å². The zero-order chi connectivity index (χ0) is 22.2. The summed E-state index contributed by atoms with van der Waals surface area (Å²) in [6.07, 6.45) is 2.64. The fourth-order valence-corrected chi connectivity index (χ4v) is 7.05. The second-order valence-electron chi connectivity index (χ2n) is 8.15. The number of sulfonamides is 1. The fourth-order valence-electron chi connectivity index (χ4n) is 4.06. The Kier molecular flexibility index (Phi) is 7.36. The molecule has 1 aliphatic rings. The SMILES string of the molecule is CC(C)c1cccc2c1c(S(=O)(=O)NC1CCNCC1)cn2S(=O)(=O)c1ccccc1.Cl. The van der Waals surface area contributed by atoms with Crippen LogP contribution in [-0.2, 0) is 20.0 Å². The molecule has 2 heterocycles. The maximum Gasteiger partial charge on any atom is 0.268 e. The van der Waals surface area contributed by atoms with Gasteiger partial charge in [0.2, 0.25) is 10.0 Å². The molecule has 1 saturated heterocycles. The molecule has 0 spiro atoms. The first-order valence-corrected chi connectivity index (χ1v) is 13.3. The number of rotatable bonds is 6. The second kappa shape index (κ2) is 9.52. The van der Waals surface area contributed by atoms with Crippen LogP contribution in [0, 0.1) is 0 Å². The molecule has 0 unspecified atom stereocenters. The maximum atomic E-state index is 13.4. The normalized spacial score (nSPS) is 15.7. The van der Waals surface area contributed by atoms with Crippen molar-refractivity contribution in [2.45, 2.75) is 48.4 Å². The molecule has 0 amide bonds. The summed E-state index contributed by atoms with van der Waals surface area (Å²) in [6.45, 7) is 5.42. The molecule has 2 aromatic carbocycles. The molecular formula is C22H28ClN3O4S2. The first-order chi connectivity index (χ1) is 14.7. The van der Waals surface area contributed by atoms with E-state index in [1.54, 1.807) is 30.3 Å². The number of aromatic nitrogens is 1. The summed E-state index contributed by atoms with van der Waals surface area (Å²) in [5.74, 6) is 0.0202. The van der Waals surface area contributed by atoms with Gasteiger partial charge in [-0.1, -0.05) is 44.2 Å². The van der Waals surface area contributed by atoms with E-state index in [1.165, 1.54) is 18.3 Å². The summed E-state index contributed by atoms with van der Waals surface area (Å²) >= 11 is 0. The maximum absolute atomic E-state index is 13.4. The highest BCUT2D eigenvalue weighted by Crippen LogP contribution is 2.35. The van der Waals surface area contributed by atoms with Crippen LogP contribution in [0.3, 0.4) is 0 Å². The van der Waals surface area contributed by atoms with Crippen LogP contribution in [-0.4, -0.2) is 39.9 Å². The van der Waals surface area contributed by atoms with Gasteiger partial charge >= 0.3 is 0 Å². The first kappa shape index (κ1) is 24.7. The van der Waals surface area contributed by atoms with Gasteiger partial charge in [-0.15, -0.1) is 12.4 Å². The first-order valence-electron chi connectivity index (χ1n) is 10.4. The highest BCUT2D eigenvalue weighted by atomic mass is 35.5. The van der Waals surface area contributed by atoms with Gasteiger partial charge in [-0.05, 0) is 55.6 Å². The largest absolute Gasteiger partial charge is 0.317 e. The zero-order valence-electron chi connectivity index (χ0n) is 18.0. The Bertz CT molecular complexity index is 1300. The highest BCUT2D eigenvalue weighted by Gasteiger charge is 2.30. The molecule has 7 nitrogen and oxygen atoms in total. The van der Waals surface area contributed by atoms with Crippen molar-refractivity contribution in [3.8, 4) is 0 Å². The smallest absolute Gasteiger partial charge is 0.268 e. The third-order valence-electron chi connectivity index (χ3n) is 5.67. The Hall–Kier alpha value is -1.91. The summed E-state index contributed by atoms with van der Waals surface area (Å²) in [6, 6.07) is 13.2. The lowest BCUT2D eigenvalue weighted by molar-refractivity contribution is 0.427. The molecule has 2 N–H and O–H groups in total. The summed E-state index contributed by atoms with van der Waals surface area (Å²) in [4.78, 5) is 0.113. The molecule has 1 aliphatic heterocycles. The monoisotopic (exact) mass is 497 g/mol. The van der Waals surface area contributed by atoms with E-state index in [4.69, 9.17) is 0 Å². The molecule has 0 aliphatic carbocycles. The molecule has 0 bridgehead atoms. The number of benzene rings is 2. The number of fused-ring (bicyclic) bond motifs is 1. The third kappa shape index (κ3) is 4.58. The van der Waals surface area contributed by atoms with Crippen molar-refractivity contribution < 1.29 is 16.8 Å². The van der Waals surface area contributed by atoms with Crippen molar-refractivity contribution in [2.75, 3.05) is 13.1 Å². The Balaban J connectivity index is 0.00000289. The Morgan fingerprint density at radius 1 is 0.969 bits per heavy atom. The van der Waals surface area contributed by atoms with Crippen molar-refractivity contribution in [1.82, 2.24) is 14.0 Å². The summed E-state index contributed by atoms with van der Waals surface area (Å²) in [7, 11) is -7.89. The Labute approximate surface area is 195 Å². The molecule has 10 heteroatoms. The molecule has 4 rings (SSSR count). The minimum absolute atomic E-state index is 0. The van der Waals surface area contributed by atoms with Crippen LogP contribution in [0.15, 0.2) is 64.5 Å². The fraction of sp³-hybridized carbons (Fsp3) is 0.364. The van der Waals surface area contributed by atoms with E-state index < -0.39 is 20.0 Å². The van der Waals surface area contributed by atoms with Crippen molar-refractivity contribution in [3.63, 3.8) is 0 Å². The lowest BCUT2D eigenvalue weighted by Gasteiger charge is -2.23. The van der Waals surface area contributed by atoms with E-state index in [0.29, 0.717) is 23.7 Å². The predicted molar refractivity (Wildman–Crippen MR) is 129 cm³/mol. The van der Waals surface area contributed by atoms with E-state index >= 15 is 0 Å². The standard InChI is InChI=1S/C22H27N3O4S2.ClH/c1-16(2)19-9-6-10-20-22(19)21(30(26,27)24-17-11-13-23-14-12-17)15-25(20)31(28,29)18-7-4-3-5-8-18;/h3-10,15-17,23-24H,11-14H2,1-2H3;1H. The lowest BCUT2D eigenvalue weighted by atomic mass is 9.99. The van der Waals surface area contributed by atoms with E-state index in [2.05, 4.69) is 10.0 Å². The average molecular weight is 498 g/mol. The molecule has 1 aromatic heterocycles. The Morgan fingerprint density at radius 3 is 2.25 bits per heavy atom. The minimum Gasteiger partial charge on any atom is -0.317 e. The van der Waals surface area contributed by atoms with E-state index in [0.717, 1.165) is 22.6 Å². The summed E-state index contributed by atoms with van der Waals surface area (Å²) < 4.78 is 57.5. The predicted octanol–water partition coefficient (Wildman–Crippen LogP) is 3.45. The van der Waals surface area contributed by atoms with Gasteiger partial charge < -0.3 is 5.32 Å². The topological polar surface area (TPSA) is 97.3 Å². The molecule has 32 heavy (non-hydrogen) atoms. The number of halogens is 1. The van der Waals surface area contributed by atoms with Gasteiger partial charge in [0.05, 0.1) is 10.4 Å². The van der Waals surface area contributed by atoms with Crippen LogP contribution in [0.4, 0.5) is 0 Å². The van der Waals surface area contributed by atoms with Crippen LogP contribution in [0.1, 0.15) is 38.2 Å². The summed E-state index contributed by atoms with van der Waals surface area (Å²) in [5, 5.41) is 3.67. The quantitative estimate of drug-likeness (QED) is 0.543. The molecule has 3 aromatic rings. The Morgan fingerprint density at radius 2 is 1.62 bits per heavy atom. The highest BCUT2D eigenvalue weighted by molar-refractivity contribution is 7.91. The van der Waals surface area contributed by atoms with Gasteiger partial charge in [-0.2, -0.15) is 0 Å². The number of nitrogens with zero attached hydrogens (tertiary/aromatic N) is 1. The third-order valence-corrected chi connectivity index (χ3v) is 8.89. The van der Waals surface area contributed by atoms with E-state index in [-0.39, 0.29) is 34.2 Å². The molecule has 0 atom stereocenters. The average Bonchev–Trinajstić information content (AvgIpc) is 3.16. The molecule has 1 fully saturated rings. The van der Waals surface area contributed by atoms with Gasteiger partial charge in [0.25, 0.3) is 10.0 Å². The molecular weight excluding hydrogens is 470 g/mol. The van der Waals surface area contributed by atoms with E-state index in [1.807, 2.05) is 19.9 Å². The van der Waals surface area contributed by atoms with Gasteiger partial charge in [0.15, 0.2) is 0 Å². The van der Waals surface area contributed by atoms with Crippen LogP contribution in [0.2, 0.25) is 0 Å². The molecule has 0 radical (unpaired) electrons. The number of nitrogens with one attached hydrogen (secondary N) is 2. The minimum atomic E-state index is -3.97. The van der Waals surface area contributed by atoms with Crippen molar-refractivity contribution in [3.05, 3.63) is 60.3 Å². The van der Waals surface area contributed by atoms with Crippen molar-refractivity contribution >= 4 is 43.4 Å².